The second-order valence-corrected chi connectivity index (χ2v) is 6.60. The van der Waals surface area contributed by atoms with Crippen molar-refractivity contribution in [2.45, 2.75) is 30.7 Å². The molecule has 1 aliphatic heterocycles. The molecule has 0 atom stereocenters. The van der Waals surface area contributed by atoms with Gasteiger partial charge in [0, 0.05) is 12.2 Å². The molecule has 20 heavy (non-hydrogen) atoms. The highest BCUT2D eigenvalue weighted by atomic mass is 32.2. The third kappa shape index (κ3) is 3.38. The first-order chi connectivity index (χ1) is 9.42. The fraction of sp³-hybridized carbons (Fsp3) is 0.583. The molecule has 1 fully saturated rings. The fourth-order valence-corrected chi connectivity index (χ4v) is 3.61. The maximum atomic E-state index is 12.1. The van der Waals surface area contributed by atoms with Crippen LogP contribution in [0.4, 0.5) is 0 Å². The summed E-state index contributed by atoms with van der Waals surface area (Å²) in [6, 6.07) is 1.04. The predicted octanol–water partition coefficient (Wildman–Crippen LogP) is 0.476. The molecule has 8 heteroatoms. The molecule has 7 nitrogen and oxygen atoms in total. The lowest BCUT2D eigenvalue weighted by atomic mass is 10.1. The second kappa shape index (κ2) is 5.94. The van der Waals surface area contributed by atoms with Crippen LogP contribution in [0.15, 0.2) is 17.2 Å². The number of aromatic amines is 1. The van der Waals surface area contributed by atoms with Crippen molar-refractivity contribution >= 4 is 16.0 Å². The largest absolute Gasteiger partial charge is 0.477 e. The number of aromatic nitrogens is 1. The second-order valence-electron chi connectivity index (χ2n) is 4.88. The van der Waals surface area contributed by atoms with Crippen LogP contribution in [0.1, 0.15) is 30.3 Å². The molecular formula is C12H19N3O4S. The summed E-state index contributed by atoms with van der Waals surface area (Å²) in [5.41, 5.74) is -0.133. The molecule has 0 unspecified atom stereocenters. The number of hydrogen-bond acceptors (Lipinski definition) is 4. The fourth-order valence-electron chi connectivity index (χ4n) is 2.31. The highest BCUT2D eigenvalue weighted by molar-refractivity contribution is 7.89. The molecule has 0 amide bonds. The van der Waals surface area contributed by atoms with Gasteiger partial charge in [-0.15, -0.1) is 0 Å². The quantitative estimate of drug-likeness (QED) is 0.734. The van der Waals surface area contributed by atoms with Crippen molar-refractivity contribution < 1.29 is 18.3 Å². The molecule has 3 N–H and O–H groups in total. The molecule has 2 rings (SSSR count). The zero-order chi connectivity index (χ0) is 14.8. The Balaban J connectivity index is 2.02. The van der Waals surface area contributed by atoms with Crippen molar-refractivity contribution in [1.29, 1.82) is 0 Å². The Morgan fingerprint density at radius 1 is 1.50 bits per heavy atom. The molecule has 1 aromatic rings. The summed E-state index contributed by atoms with van der Waals surface area (Å²) in [5.74, 6) is -1.18. The van der Waals surface area contributed by atoms with Crippen LogP contribution in [0.2, 0.25) is 0 Å². The first kappa shape index (κ1) is 15.0. The molecule has 0 radical (unpaired) electrons. The van der Waals surface area contributed by atoms with Crippen molar-refractivity contribution in [3.8, 4) is 0 Å². The van der Waals surface area contributed by atoms with E-state index in [1.165, 1.54) is 6.20 Å². The Labute approximate surface area is 118 Å². The van der Waals surface area contributed by atoms with Crippen LogP contribution in [0.3, 0.4) is 0 Å². The predicted molar refractivity (Wildman–Crippen MR) is 73.2 cm³/mol. The highest BCUT2D eigenvalue weighted by Crippen LogP contribution is 2.15. The van der Waals surface area contributed by atoms with E-state index in [0.717, 1.165) is 38.5 Å². The van der Waals surface area contributed by atoms with Gasteiger partial charge in [-0.25, -0.2) is 17.9 Å². The molecular weight excluding hydrogens is 282 g/mol. The molecule has 0 spiro atoms. The zero-order valence-corrected chi connectivity index (χ0v) is 12.1. The molecule has 1 aromatic heterocycles. The summed E-state index contributed by atoms with van der Waals surface area (Å²) in [6.45, 7) is 4.80. The third-order valence-electron chi connectivity index (χ3n) is 3.55. The lowest BCUT2D eigenvalue weighted by Crippen LogP contribution is -2.44. The number of rotatable bonds is 5. The van der Waals surface area contributed by atoms with E-state index in [1.54, 1.807) is 0 Å². The molecule has 1 saturated heterocycles. The van der Waals surface area contributed by atoms with Gasteiger partial charge in [0.05, 0.1) is 0 Å². The normalized spacial score (nSPS) is 18.2. The Kier molecular flexibility index (Phi) is 4.46. The number of carboxylic acid groups (broad SMARTS) is 1. The Morgan fingerprint density at radius 3 is 2.65 bits per heavy atom. The van der Waals surface area contributed by atoms with Gasteiger partial charge in [-0.2, -0.15) is 0 Å². The number of piperidine rings is 1. The monoisotopic (exact) mass is 301 g/mol. The summed E-state index contributed by atoms with van der Waals surface area (Å²) in [7, 11) is -3.66. The van der Waals surface area contributed by atoms with E-state index < -0.39 is 16.0 Å². The molecule has 0 aliphatic carbocycles. The third-order valence-corrected chi connectivity index (χ3v) is 5.05. The first-order valence-corrected chi connectivity index (χ1v) is 8.07. The number of aromatic carboxylic acids is 1. The van der Waals surface area contributed by atoms with E-state index in [-0.39, 0.29) is 16.6 Å². The average Bonchev–Trinajstić information content (AvgIpc) is 2.90. The number of hydrogen-bond donors (Lipinski definition) is 3. The van der Waals surface area contributed by atoms with Crippen molar-refractivity contribution in [3.05, 3.63) is 18.0 Å². The number of sulfonamides is 1. The van der Waals surface area contributed by atoms with Gasteiger partial charge in [-0.3, -0.25) is 0 Å². The van der Waals surface area contributed by atoms with Gasteiger partial charge in [0.15, 0.2) is 0 Å². The Hall–Kier alpha value is -1.38. The van der Waals surface area contributed by atoms with Gasteiger partial charge in [0.1, 0.15) is 10.6 Å². The van der Waals surface area contributed by atoms with E-state index in [4.69, 9.17) is 5.11 Å². The van der Waals surface area contributed by atoms with Crippen LogP contribution in [-0.4, -0.2) is 55.1 Å². The van der Waals surface area contributed by atoms with E-state index in [2.05, 4.69) is 21.5 Å². The average molecular weight is 301 g/mol. The number of carbonyl (C=O) groups is 1. The van der Waals surface area contributed by atoms with E-state index in [9.17, 15) is 13.2 Å². The first-order valence-electron chi connectivity index (χ1n) is 6.58. The minimum absolute atomic E-state index is 0.0344. The molecule has 112 valence electrons. The van der Waals surface area contributed by atoms with Crippen LogP contribution in [0.5, 0.6) is 0 Å². The van der Waals surface area contributed by atoms with Crippen LogP contribution in [0.25, 0.3) is 0 Å². The van der Waals surface area contributed by atoms with Crippen LogP contribution in [0, 0.1) is 0 Å². The van der Waals surface area contributed by atoms with Gasteiger partial charge in [0.2, 0.25) is 10.0 Å². The van der Waals surface area contributed by atoms with Gasteiger partial charge >= 0.3 is 5.97 Å². The number of likely N-dealkylation sites (tertiary alicyclic amines) is 1. The highest BCUT2D eigenvalue weighted by Gasteiger charge is 2.25. The maximum absolute atomic E-state index is 12.1. The van der Waals surface area contributed by atoms with Gasteiger partial charge in [-0.05, 0) is 38.5 Å². The van der Waals surface area contributed by atoms with Crippen molar-refractivity contribution in [1.82, 2.24) is 14.6 Å². The molecule has 0 saturated carbocycles. The van der Waals surface area contributed by atoms with Crippen molar-refractivity contribution in [3.63, 3.8) is 0 Å². The number of carboxylic acids is 1. The molecule has 2 heterocycles. The lowest BCUT2D eigenvalue weighted by Gasteiger charge is -2.31. The van der Waals surface area contributed by atoms with Crippen LogP contribution < -0.4 is 4.72 Å². The zero-order valence-electron chi connectivity index (χ0n) is 11.3. The van der Waals surface area contributed by atoms with E-state index >= 15 is 0 Å². The van der Waals surface area contributed by atoms with Crippen LogP contribution >= 0.6 is 0 Å². The summed E-state index contributed by atoms with van der Waals surface area (Å²) < 4.78 is 26.9. The van der Waals surface area contributed by atoms with Crippen molar-refractivity contribution in [2.24, 2.45) is 0 Å². The number of nitrogens with one attached hydrogen (secondary N) is 2. The van der Waals surface area contributed by atoms with Crippen LogP contribution in [-0.2, 0) is 10.0 Å². The summed E-state index contributed by atoms with van der Waals surface area (Å²) >= 11 is 0. The molecule has 1 aliphatic rings. The van der Waals surface area contributed by atoms with E-state index in [0.29, 0.717) is 0 Å². The smallest absolute Gasteiger partial charge is 0.352 e. The minimum atomic E-state index is -3.66. The summed E-state index contributed by atoms with van der Waals surface area (Å²) in [4.78, 5) is 15.4. The summed E-state index contributed by atoms with van der Waals surface area (Å²) in [5, 5.41) is 8.79. The lowest BCUT2D eigenvalue weighted by molar-refractivity contribution is 0.0691. The standard InChI is InChI=1S/C12H19N3O4S/c1-2-15-5-3-9(4-6-15)14-20(18,19)10-7-11(12(16)17)13-8-10/h7-9,13-14H,2-6H2,1H3,(H,16,17). The Morgan fingerprint density at radius 2 is 2.15 bits per heavy atom. The molecule has 0 aromatic carbocycles. The topological polar surface area (TPSA) is 103 Å². The Bertz CT molecular complexity index is 573. The SMILES string of the molecule is CCN1CCC(NS(=O)(=O)c2c[nH]c(C(=O)O)c2)CC1. The van der Waals surface area contributed by atoms with Gasteiger partial charge in [-0.1, -0.05) is 6.92 Å². The number of nitrogens with zero attached hydrogens (tertiary/aromatic N) is 1. The minimum Gasteiger partial charge on any atom is -0.477 e. The number of H-pyrrole nitrogens is 1. The van der Waals surface area contributed by atoms with Gasteiger partial charge in [0.25, 0.3) is 0 Å². The molecule has 0 bridgehead atoms. The van der Waals surface area contributed by atoms with E-state index in [1.807, 2.05) is 0 Å². The maximum Gasteiger partial charge on any atom is 0.352 e. The van der Waals surface area contributed by atoms with Gasteiger partial charge < -0.3 is 15.0 Å². The summed E-state index contributed by atoms with van der Waals surface area (Å²) in [6.07, 6.45) is 2.74. The van der Waals surface area contributed by atoms with Crippen molar-refractivity contribution in [2.75, 3.05) is 19.6 Å².